The van der Waals surface area contributed by atoms with Crippen LogP contribution in [0.25, 0.3) is 0 Å². The van der Waals surface area contributed by atoms with Crippen molar-refractivity contribution in [2.45, 2.75) is 25.3 Å². The predicted molar refractivity (Wildman–Crippen MR) is 72.6 cm³/mol. The van der Waals surface area contributed by atoms with E-state index in [4.69, 9.17) is 5.84 Å². The van der Waals surface area contributed by atoms with E-state index in [-0.39, 0.29) is 35.4 Å². The van der Waals surface area contributed by atoms with Gasteiger partial charge in [-0.3, -0.25) is 11.3 Å². The normalized spacial score (nSPS) is 22.9. The van der Waals surface area contributed by atoms with Crippen LogP contribution in [0.15, 0.2) is 18.2 Å². The van der Waals surface area contributed by atoms with Gasteiger partial charge in [-0.1, -0.05) is 12.1 Å². The Morgan fingerprint density at radius 2 is 2.15 bits per heavy atom. The lowest BCUT2D eigenvalue weighted by molar-refractivity contribution is 0.400. The molecule has 0 aliphatic carbocycles. The second kappa shape index (κ2) is 6.15. The van der Waals surface area contributed by atoms with Gasteiger partial charge in [-0.15, -0.1) is 0 Å². The van der Waals surface area contributed by atoms with Gasteiger partial charge in [0.25, 0.3) is 0 Å². The number of hydrazine groups is 1. The number of hydrogen-bond donors (Lipinski definition) is 2. The molecule has 2 rings (SSSR count). The Labute approximate surface area is 117 Å². The van der Waals surface area contributed by atoms with Gasteiger partial charge in [0.05, 0.1) is 11.5 Å². The van der Waals surface area contributed by atoms with Crippen molar-refractivity contribution in [1.29, 1.82) is 0 Å². The zero-order chi connectivity index (χ0) is 14.8. The molecule has 0 amide bonds. The molecule has 112 valence electrons. The highest BCUT2D eigenvalue weighted by molar-refractivity contribution is 7.91. The lowest BCUT2D eigenvalue weighted by Crippen LogP contribution is -2.38. The number of hydrogen-bond acceptors (Lipinski definition) is 4. The molecule has 0 bridgehead atoms. The van der Waals surface area contributed by atoms with E-state index in [9.17, 15) is 17.2 Å². The molecule has 7 heteroatoms. The molecule has 0 aromatic heterocycles. The summed E-state index contributed by atoms with van der Waals surface area (Å²) in [5.41, 5.74) is 2.81. The first-order valence-corrected chi connectivity index (χ1v) is 8.33. The second-order valence-corrected chi connectivity index (χ2v) is 7.51. The molecule has 1 aromatic rings. The van der Waals surface area contributed by atoms with E-state index in [0.717, 1.165) is 6.07 Å². The summed E-state index contributed by atoms with van der Waals surface area (Å²) in [6.07, 6.45) is 1.37. The molecule has 0 saturated carbocycles. The smallest absolute Gasteiger partial charge is 0.162 e. The van der Waals surface area contributed by atoms with Crippen LogP contribution in [0.5, 0.6) is 0 Å². The highest BCUT2D eigenvalue weighted by atomic mass is 32.2. The number of sulfone groups is 1. The van der Waals surface area contributed by atoms with E-state index in [0.29, 0.717) is 12.8 Å². The van der Waals surface area contributed by atoms with Gasteiger partial charge >= 0.3 is 0 Å². The lowest BCUT2D eigenvalue weighted by atomic mass is 9.95. The maximum atomic E-state index is 13.6. The molecular weight excluding hydrogens is 286 g/mol. The molecule has 1 aliphatic heterocycles. The molecule has 1 fully saturated rings. The minimum atomic E-state index is -2.94. The number of rotatable bonds is 5. The van der Waals surface area contributed by atoms with Crippen LogP contribution >= 0.6 is 0 Å². The average molecular weight is 304 g/mol. The fourth-order valence-corrected chi connectivity index (χ4v) is 4.52. The van der Waals surface area contributed by atoms with Crippen LogP contribution in [0.1, 0.15) is 18.4 Å². The highest BCUT2D eigenvalue weighted by Gasteiger charge is 2.29. The summed E-state index contributed by atoms with van der Waals surface area (Å²) in [6.45, 7) is 0. The molecule has 0 spiro atoms. The van der Waals surface area contributed by atoms with Crippen molar-refractivity contribution in [2.24, 2.45) is 11.8 Å². The molecule has 4 nitrogen and oxygen atoms in total. The van der Waals surface area contributed by atoms with E-state index in [2.05, 4.69) is 5.43 Å². The van der Waals surface area contributed by atoms with Gasteiger partial charge in [0.15, 0.2) is 21.5 Å². The molecule has 1 heterocycles. The minimum Gasteiger partial charge on any atom is -0.271 e. The fourth-order valence-electron chi connectivity index (χ4n) is 2.64. The summed E-state index contributed by atoms with van der Waals surface area (Å²) in [4.78, 5) is 0. The highest BCUT2D eigenvalue weighted by Crippen LogP contribution is 2.24. The molecule has 1 aromatic carbocycles. The summed E-state index contributed by atoms with van der Waals surface area (Å²) in [5, 5.41) is 0. The molecule has 2 unspecified atom stereocenters. The first-order valence-electron chi connectivity index (χ1n) is 6.50. The van der Waals surface area contributed by atoms with Crippen molar-refractivity contribution in [3.63, 3.8) is 0 Å². The topological polar surface area (TPSA) is 72.2 Å². The molecule has 2 atom stereocenters. The summed E-state index contributed by atoms with van der Waals surface area (Å²) in [7, 11) is -2.94. The van der Waals surface area contributed by atoms with Crippen LogP contribution < -0.4 is 11.3 Å². The van der Waals surface area contributed by atoms with Crippen LogP contribution in [0.4, 0.5) is 8.78 Å². The summed E-state index contributed by atoms with van der Waals surface area (Å²) in [6, 6.07) is 3.74. The molecule has 0 radical (unpaired) electrons. The second-order valence-electron chi connectivity index (χ2n) is 5.29. The Kier molecular flexibility index (Phi) is 4.72. The summed E-state index contributed by atoms with van der Waals surface area (Å²) < 4.78 is 49.5. The number of nitrogens with one attached hydrogen (secondary N) is 1. The first-order chi connectivity index (χ1) is 9.41. The van der Waals surface area contributed by atoms with Gasteiger partial charge in [-0.2, -0.15) is 0 Å². The third kappa shape index (κ3) is 3.74. The lowest BCUT2D eigenvalue weighted by Gasteiger charge is -2.19. The Hall–Kier alpha value is -1.05. The van der Waals surface area contributed by atoms with Crippen LogP contribution in [-0.4, -0.2) is 26.0 Å². The van der Waals surface area contributed by atoms with Crippen LogP contribution in [0.2, 0.25) is 0 Å². The van der Waals surface area contributed by atoms with Crippen molar-refractivity contribution >= 4 is 9.84 Å². The van der Waals surface area contributed by atoms with E-state index in [1.54, 1.807) is 0 Å². The number of halogens is 2. The predicted octanol–water partition coefficient (Wildman–Crippen LogP) is 1.16. The quantitative estimate of drug-likeness (QED) is 0.632. The van der Waals surface area contributed by atoms with E-state index in [1.165, 1.54) is 12.1 Å². The Balaban J connectivity index is 2.01. The van der Waals surface area contributed by atoms with Crippen LogP contribution in [0, 0.1) is 17.6 Å². The zero-order valence-corrected chi connectivity index (χ0v) is 11.8. The fraction of sp³-hybridized carbons (Fsp3) is 0.538. The molecule has 3 N–H and O–H groups in total. The van der Waals surface area contributed by atoms with Crippen molar-refractivity contribution in [2.75, 3.05) is 11.5 Å². The Morgan fingerprint density at radius 3 is 2.75 bits per heavy atom. The van der Waals surface area contributed by atoms with Crippen molar-refractivity contribution in [3.05, 3.63) is 35.4 Å². The van der Waals surface area contributed by atoms with Crippen molar-refractivity contribution < 1.29 is 17.2 Å². The van der Waals surface area contributed by atoms with Gasteiger partial charge in [0.1, 0.15) is 0 Å². The molecule has 1 saturated heterocycles. The van der Waals surface area contributed by atoms with Gasteiger partial charge < -0.3 is 0 Å². The Morgan fingerprint density at radius 1 is 1.40 bits per heavy atom. The average Bonchev–Trinajstić information content (AvgIpc) is 2.73. The summed E-state index contributed by atoms with van der Waals surface area (Å²) in [5.74, 6) is 4.06. The first kappa shape index (κ1) is 15.3. The van der Waals surface area contributed by atoms with Gasteiger partial charge in [0.2, 0.25) is 0 Å². The molecule has 20 heavy (non-hydrogen) atoms. The SMILES string of the molecule is NNC(Cc1cccc(F)c1F)CC1CCS(=O)(=O)C1. The van der Waals surface area contributed by atoms with E-state index < -0.39 is 21.5 Å². The monoisotopic (exact) mass is 304 g/mol. The minimum absolute atomic E-state index is 0.0256. The van der Waals surface area contributed by atoms with Crippen molar-refractivity contribution in [1.82, 2.24) is 5.43 Å². The van der Waals surface area contributed by atoms with Gasteiger partial charge in [0, 0.05) is 6.04 Å². The maximum absolute atomic E-state index is 13.6. The Bertz CT molecular complexity index is 578. The van der Waals surface area contributed by atoms with Gasteiger partial charge in [-0.25, -0.2) is 17.2 Å². The third-order valence-electron chi connectivity index (χ3n) is 3.68. The van der Waals surface area contributed by atoms with E-state index >= 15 is 0 Å². The maximum Gasteiger partial charge on any atom is 0.162 e. The largest absolute Gasteiger partial charge is 0.271 e. The van der Waals surface area contributed by atoms with Crippen LogP contribution in [0.3, 0.4) is 0 Å². The van der Waals surface area contributed by atoms with Crippen molar-refractivity contribution in [3.8, 4) is 0 Å². The summed E-state index contributed by atoms with van der Waals surface area (Å²) >= 11 is 0. The van der Waals surface area contributed by atoms with E-state index in [1.807, 2.05) is 0 Å². The molecular formula is C13H18F2N2O2S. The third-order valence-corrected chi connectivity index (χ3v) is 5.52. The zero-order valence-electron chi connectivity index (χ0n) is 11.0. The van der Waals surface area contributed by atoms with Crippen LogP contribution in [-0.2, 0) is 16.3 Å². The number of nitrogens with two attached hydrogens (primary N) is 1. The van der Waals surface area contributed by atoms with Gasteiger partial charge in [-0.05, 0) is 36.8 Å². The number of benzene rings is 1. The molecule has 1 aliphatic rings. The standard InChI is InChI=1S/C13H18F2N2O2S/c14-12-3-1-2-10(13(12)15)7-11(17-16)6-9-4-5-20(18,19)8-9/h1-3,9,11,17H,4-8,16H2.